The van der Waals surface area contributed by atoms with Crippen molar-refractivity contribution in [2.24, 2.45) is 0 Å². The lowest BCUT2D eigenvalue weighted by Crippen LogP contribution is -2.34. The molecule has 94 valence electrons. The molecule has 1 amide bonds. The van der Waals surface area contributed by atoms with Crippen molar-refractivity contribution >= 4 is 15.7 Å². The number of sulfone groups is 1. The van der Waals surface area contributed by atoms with Gasteiger partial charge in [-0.15, -0.1) is 0 Å². The van der Waals surface area contributed by atoms with Crippen molar-refractivity contribution in [3.8, 4) is 0 Å². The molecule has 2 heterocycles. The van der Waals surface area contributed by atoms with Crippen molar-refractivity contribution in [1.29, 1.82) is 0 Å². The number of rotatable bonds is 3. The third-order valence-electron chi connectivity index (χ3n) is 2.87. The van der Waals surface area contributed by atoms with Crippen molar-refractivity contribution in [3.63, 3.8) is 0 Å². The third kappa shape index (κ3) is 2.82. The molecule has 1 saturated heterocycles. The topological polar surface area (TPSA) is 85.2 Å². The van der Waals surface area contributed by atoms with Crippen molar-refractivity contribution in [3.05, 3.63) is 12.7 Å². The molecule has 0 bridgehead atoms. The number of aromatic nitrogens is 3. The van der Waals surface area contributed by atoms with Crippen LogP contribution >= 0.6 is 0 Å². The monoisotopic (exact) mass is 258 g/mol. The number of amides is 1. The summed E-state index contributed by atoms with van der Waals surface area (Å²) < 4.78 is 24.1. The molecule has 1 aromatic heterocycles. The van der Waals surface area contributed by atoms with Crippen LogP contribution in [0.2, 0.25) is 0 Å². The van der Waals surface area contributed by atoms with Gasteiger partial charge in [0.2, 0.25) is 5.91 Å². The molecule has 17 heavy (non-hydrogen) atoms. The molecule has 1 aromatic rings. The lowest BCUT2D eigenvalue weighted by molar-refractivity contribution is -0.130. The first-order valence-electron chi connectivity index (χ1n) is 5.26. The Morgan fingerprint density at radius 2 is 2.29 bits per heavy atom. The second-order valence-corrected chi connectivity index (χ2v) is 6.50. The summed E-state index contributed by atoms with van der Waals surface area (Å²) in [4.78, 5) is 17.1. The van der Waals surface area contributed by atoms with E-state index in [4.69, 9.17) is 0 Å². The van der Waals surface area contributed by atoms with Crippen LogP contribution in [0.5, 0.6) is 0 Å². The molecule has 1 fully saturated rings. The maximum absolute atomic E-state index is 11.8. The highest BCUT2D eigenvalue weighted by atomic mass is 32.2. The minimum Gasteiger partial charge on any atom is -0.340 e. The minimum absolute atomic E-state index is 0.108. The zero-order valence-corrected chi connectivity index (χ0v) is 10.3. The number of carbonyl (C=O) groups is 1. The van der Waals surface area contributed by atoms with Gasteiger partial charge in [0.05, 0.1) is 5.25 Å². The maximum atomic E-state index is 11.8. The Kier molecular flexibility index (Phi) is 3.14. The maximum Gasteiger partial charge on any atom is 0.244 e. The summed E-state index contributed by atoms with van der Waals surface area (Å²) in [6, 6.07) is 0. The van der Waals surface area contributed by atoms with Gasteiger partial charge in [-0.05, 0) is 6.42 Å². The normalized spacial score (nSPS) is 20.8. The molecule has 0 aliphatic carbocycles. The lowest BCUT2D eigenvalue weighted by Gasteiger charge is -2.15. The highest BCUT2D eigenvalue weighted by Gasteiger charge is 2.32. The summed E-state index contributed by atoms with van der Waals surface area (Å²) in [6.45, 7) is 0.883. The summed E-state index contributed by atoms with van der Waals surface area (Å²) in [5, 5.41) is 3.41. The van der Waals surface area contributed by atoms with E-state index in [1.807, 2.05) is 0 Å². The molecule has 1 atom stereocenters. The molecule has 0 saturated carbocycles. The second-order valence-electron chi connectivity index (χ2n) is 4.17. The Morgan fingerprint density at radius 3 is 2.82 bits per heavy atom. The minimum atomic E-state index is -3.06. The largest absolute Gasteiger partial charge is 0.340 e. The highest BCUT2D eigenvalue weighted by molar-refractivity contribution is 7.91. The fraction of sp³-hybridized carbons (Fsp3) is 0.667. The first kappa shape index (κ1) is 12.0. The number of carbonyl (C=O) groups excluding carboxylic acids is 1. The smallest absolute Gasteiger partial charge is 0.244 e. The average Bonchev–Trinajstić information content (AvgIpc) is 2.85. The fourth-order valence-electron chi connectivity index (χ4n) is 1.86. The number of hydrogen-bond donors (Lipinski definition) is 0. The van der Waals surface area contributed by atoms with Gasteiger partial charge in [-0.2, -0.15) is 5.10 Å². The van der Waals surface area contributed by atoms with E-state index in [-0.39, 0.29) is 19.0 Å². The SMILES string of the molecule is CS(=O)(=O)C1CCN(C(=O)Cn2cncn2)C1. The summed E-state index contributed by atoms with van der Waals surface area (Å²) in [7, 11) is -3.06. The van der Waals surface area contributed by atoms with Crippen LogP contribution in [0, 0.1) is 0 Å². The molecule has 0 spiro atoms. The molecule has 0 N–H and O–H groups in total. The molecule has 1 aliphatic rings. The van der Waals surface area contributed by atoms with Gasteiger partial charge in [0, 0.05) is 19.3 Å². The molecule has 0 radical (unpaired) electrons. The Morgan fingerprint density at radius 1 is 1.53 bits per heavy atom. The lowest BCUT2D eigenvalue weighted by atomic mass is 10.4. The van der Waals surface area contributed by atoms with Crippen LogP contribution in [-0.2, 0) is 21.2 Å². The number of likely N-dealkylation sites (tertiary alicyclic amines) is 1. The van der Waals surface area contributed by atoms with E-state index in [2.05, 4.69) is 10.1 Å². The van der Waals surface area contributed by atoms with E-state index in [9.17, 15) is 13.2 Å². The number of hydrogen-bond acceptors (Lipinski definition) is 5. The van der Waals surface area contributed by atoms with Gasteiger partial charge in [-0.1, -0.05) is 0 Å². The second kappa shape index (κ2) is 4.44. The molecule has 8 heteroatoms. The number of nitrogens with zero attached hydrogens (tertiary/aromatic N) is 4. The zero-order chi connectivity index (χ0) is 12.5. The van der Waals surface area contributed by atoms with Gasteiger partial charge >= 0.3 is 0 Å². The van der Waals surface area contributed by atoms with Gasteiger partial charge in [-0.25, -0.2) is 18.1 Å². The van der Waals surface area contributed by atoms with Gasteiger partial charge in [0.1, 0.15) is 19.2 Å². The predicted molar refractivity (Wildman–Crippen MR) is 59.9 cm³/mol. The van der Waals surface area contributed by atoms with Crippen LogP contribution in [0.15, 0.2) is 12.7 Å². The first-order chi connectivity index (χ1) is 7.97. The molecule has 1 unspecified atom stereocenters. The molecule has 0 aromatic carbocycles. The van der Waals surface area contributed by atoms with Crippen molar-refractivity contribution in [2.75, 3.05) is 19.3 Å². The van der Waals surface area contributed by atoms with Crippen LogP contribution in [0.3, 0.4) is 0 Å². The Bertz CT molecular complexity index is 496. The van der Waals surface area contributed by atoms with Crippen LogP contribution in [-0.4, -0.2) is 58.6 Å². The Balaban J connectivity index is 1.95. The molecule has 1 aliphatic heterocycles. The van der Waals surface area contributed by atoms with E-state index in [0.717, 1.165) is 0 Å². The Hall–Kier alpha value is -1.44. The quantitative estimate of drug-likeness (QED) is 0.688. The highest BCUT2D eigenvalue weighted by Crippen LogP contribution is 2.16. The Labute approximate surface area is 99.4 Å². The van der Waals surface area contributed by atoms with Gasteiger partial charge in [0.25, 0.3) is 0 Å². The van der Waals surface area contributed by atoms with Crippen LogP contribution < -0.4 is 0 Å². The molecular weight excluding hydrogens is 244 g/mol. The van der Waals surface area contributed by atoms with Gasteiger partial charge in [0.15, 0.2) is 9.84 Å². The molecule has 2 rings (SSSR count). The van der Waals surface area contributed by atoms with E-state index < -0.39 is 15.1 Å². The summed E-state index contributed by atoms with van der Waals surface area (Å²) in [5.74, 6) is -0.123. The summed E-state index contributed by atoms with van der Waals surface area (Å²) in [5.41, 5.74) is 0. The van der Waals surface area contributed by atoms with Crippen molar-refractivity contribution in [2.45, 2.75) is 18.2 Å². The van der Waals surface area contributed by atoms with Crippen molar-refractivity contribution < 1.29 is 13.2 Å². The van der Waals surface area contributed by atoms with E-state index in [1.165, 1.54) is 23.6 Å². The summed E-state index contributed by atoms with van der Waals surface area (Å²) >= 11 is 0. The summed E-state index contributed by atoms with van der Waals surface area (Å²) in [6.07, 6.45) is 4.55. The predicted octanol–water partition coefficient (Wildman–Crippen LogP) is -1.08. The average molecular weight is 258 g/mol. The van der Waals surface area contributed by atoms with Crippen LogP contribution in [0.25, 0.3) is 0 Å². The van der Waals surface area contributed by atoms with Crippen molar-refractivity contribution in [1.82, 2.24) is 19.7 Å². The van der Waals surface area contributed by atoms with Crippen LogP contribution in [0.4, 0.5) is 0 Å². The van der Waals surface area contributed by atoms with E-state index >= 15 is 0 Å². The zero-order valence-electron chi connectivity index (χ0n) is 9.48. The standard InChI is InChI=1S/C9H14N4O3S/c1-17(15,16)8-2-3-12(4-8)9(14)5-13-7-10-6-11-13/h6-8H,2-5H2,1H3. The third-order valence-corrected chi connectivity index (χ3v) is 4.46. The molecule has 7 nitrogen and oxygen atoms in total. The van der Waals surface area contributed by atoms with Gasteiger partial charge in [-0.3, -0.25) is 4.79 Å². The van der Waals surface area contributed by atoms with E-state index in [0.29, 0.717) is 13.0 Å². The van der Waals surface area contributed by atoms with Crippen LogP contribution in [0.1, 0.15) is 6.42 Å². The first-order valence-corrected chi connectivity index (χ1v) is 7.21. The molecular formula is C9H14N4O3S. The van der Waals surface area contributed by atoms with Gasteiger partial charge < -0.3 is 4.90 Å². The fourth-order valence-corrected chi connectivity index (χ4v) is 2.84. The van der Waals surface area contributed by atoms with E-state index in [1.54, 1.807) is 4.90 Å².